The van der Waals surface area contributed by atoms with Crippen LogP contribution in [0, 0.1) is 11.7 Å². The molecule has 20 heavy (non-hydrogen) atoms. The second-order valence-electron chi connectivity index (χ2n) is 5.98. The van der Waals surface area contributed by atoms with E-state index in [0.717, 1.165) is 31.7 Å². The van der Waals surface area contributed by atoms with Crippen LogP contribution in [-0.4, -0.2) is 30.6 Å². The van der Waals surface area contributed by atoms with Gasteiger partial charge >= 0.3 is 0 Å². The van der Waals surface area contributed by atoms with E-state index >= 15 is 0 Å². The number of piperidine rings is 1. The molecule has 2 rings (SSSR count). The van der Waals surface area contributed by atoms with Gasteiger partial charge in [-0.25, -0.2) is 4.39 Å². The number of nitrogens with one attached hydrogen (secondary N) is 1. The van der Waals surface area contributed by atoms with Crippen molar-refractivity contribution in [3.05, 3.63) is 34.6 Å². The molecule has 2 nitrogen and oxygen atoms in total. The maximum Gasteiger partial charge on any atom is 0.142 e. The van der Waals surface area contributed by atoms with E-state index in [1.54, 1.807) is 12.1 Å². The zero-order chi connectivity index (χ0) is 14.5. The molecule has 112 valence electrons. The van der Waals surface area contributed by atoms with E-state index in [1.165, 1.54) is 12.8 Å². The van der Waals surface area contributed by atoms with E-state index < -0.39 is 0 Å². The van der Waals surface area contributed by atoms with Gasteiger partial charge in [0.2, 0.25) is 0 Å². The molecule has 0 radical (unpaired) electrons. The normalized spacial score (nSPS) is 19.8. The van der Waals surface area contributed by atoms with Gasteiger partial charge in [-0.1, -0.05) is 17.7 Å². The minimum Gasteiger partial charge on any atom is -0.316 e. The van der Waals surface area contributed by atoms with E-state index in [1.807, 2.05) is 6.07 Å². The summed E-state index contributed by atoms with van der Waals surface area (Å²) in [6.07, 6.45) is 2.54. The van der Waals surface area contributed by atoms with Crippen LogP contribution in [0.15, 0.2) is 18.2 Å². The lowest BCUT2D eigenvalue weighted by Gasteiger charge is -2.32. The van der Waals surface area contributed by atoms with Crippen LogP contribution in [0.3, 0.4) is 0 Å². The summed E-state index contributed by atoms with van der Waals surface area (Å²) < 4.78 is 13.5. The second kappa shape index (κ2) is 7.39. The van der Waals surface area contributed by atoms with Crippen LogP contribution in [0.25, 0.3) is 0 Å². The summed E-state index contributed by atoms with van der Waals surface area (Å²) >= 11 is 5.74. The van der Waals surface area contributed by atoms with E-state index in [2.05, 4.69) is 24.1 Å². The molecule has 0 amide bonds. The minimum absolute atomic E-state index is 0.196. The van der Waals surface area contributed by atoms with Gasteiger partial charge in [0.15, 0.2) is 0 Å². The van der Waals surface area contributed by atoms with Crippen molar-refractivity contribution in [1.29, 1.82) is 0 Å². The summed E-state index contributed by atoms with van der Waals surface area (Å²) in [6, 6.07) is 5.57. The van der Waals surface area contributed by atoms with Gasteiger partial charge in [0, 0.05) is 19.1 Å². The summed E-state index contributed by atoms with van der Waals surface area (Å²) in [5.74, 6) is 0.371. The first-order valence-electron chi connectivity index (χ1n) is 7.45. The van der Waals surface area contributed by atoms with Crippen molar-refractivity contribution in [3.63, 3.8) is 0 Å². The summed E-state index contributed by atoms with van der Waals surface area (Å²) in [6.45, 7) is 8.47. The lowest BCUT2D eigenvalue weighted by atomic mass is 9.98. The predicted molar refractivity (Wildman–Crippen MR) is 82.5 cm³/mol. The van der Waals surface area contributed by atoms with Crippen molar-refractivity contribution in [3.8, 4) is 0 Å². The molecule has 0 aliphatic carbocycles. The summed E-state index contributed by atoms with van der Waals surface area (Å²) in [7, 11) is 0. The maximum atomic E-state index is 13.5. The third-order valence-electron chi connectivity index (χ3n) is 3.99. The van der Waals surface area contributed by atoms with Crippen molar-refractivity contribution in [2.75, 3.05) is 19.6 Å². The molecule has 1 unspecified atom stereocenters. The molecule has 1 saturated heterocycles. The van der Waals surface area contributed by atoms with Gasteiger partial charge < -0.3 is 5.32 Å². The van der Waals surface area contributed by atoms with E-state index in [0.29, 0.717) is 12.0 Å². The molecular formula is C16H24ClFN2. The molecule has 0 aromatic heterocycles. The highest BCUT2D eigenvalue weighted by atomic mass is 35.5. The van der Waals surface area contributed by atoms with E-state index in [9.17, 15) is 4.39 Å². The van der Waals surface area contributed by atoms with Crippen molar-refractivity contribution in [2.24, 2.45) is 5.92 Å². The topological polar surface area (TPSA) is 15.3 Å². The SMILES string of the molecule is CC(C)N(Cc1ccc(Cl)c(F)c1)CC1CCCNC1. The highest BCUT2D eigenvalue weighted by Crippen LogP contribution is 2.19. The van der Waals surface area contributed by atoms with Crippen LogP contribution in [0.5, 0.6) is 0 Å². The lowest BCUT2D eigenvalue weighted by molar-refractivity contribution is 0.164. The number of nitrogens with zero attached hydrogens (tertiary/aromatic N) is 1. The summed E-state index contributed by atoms with van der Waals surface area (Å²) in [4.78, 5) is 2.42. The van der Waals surface area contributed by atoms with E-state index in [-0.39, 0.29) is 10.8 Å². The largest absolute Gasteiger partial charge is 0.316 e. The molecule has 1 aromatic carbocycles. The molecule has 1 aliphatic rings. The fourth-order valence-corrected chi connectivity index (χ4v) is 2.86. The molecule has 1 N–H and O–H groups in total. The molecule has 1 heterocycles. The van der Waals surface area contributed by atoms with Crippen LogP contribution >= 0.6 is 11.6 Å². The summed E-state index contributed by atoms with van der Waals surface area (Å²) in [5.41, 5.74) is 0.990. The Morgan fingerprint density at radius 3 is 2.85 bits per heavy atom. The van der Waals surface area contributed by atoms with Crippen LogP contribution in [0.4, 0.5) is 4.39 Å². The molecule has 0 spiro atoms. The van der Waals surface area contributed by atoms with Crippen molar-refractivity contribution in [1.82, 2.24) is 10.2 Å². The number of benzene rings is 1. The van der Waals surface area contributed by atoms with Gasteiger partial charge in [0.05, 0.1) is 5.02 Å². The quantitative estimate of drug-likeness (QED) is 0.892. The number of hydrogen-bond donors (Lipinski definition) is 1. The van der Waals surface area contributed by atoms with Crippen molar-refractivity contribution >= 4 is 11.6 Å². The standard InChI is InChI=1S/C16H24ClFN2/c1-12(2)20(11-14-4-3-7-19-9-14)10-13-5-6-15(17)16(18)8-13/h5-6,8,12,14,19H,3-4,7,9-11H2,1-2H3. The Morgan fingerprint density at radius 1 is 1.45 bits per heavy atom. The average Bonchev–Trinajstić information content (AvgIpc) is 2.43. The number of halogens is 2. The smallest absolute Gasteiger partial charge is 0.142 e. The highest BCUT2D eigenvalue weighted by Gasteiger charge is 2.19. The van der Waals surface area contributed by atoms with Crippen LogP contribution < -0.4 is 5.32 Å². The molecular weight excluding hydrogens is 275 g/mol. The van der Waals surface area contributed by atoms with Crippen LogP contribution in [0.2, 0.25) is 5.02 Å². The first kappa shape index (κ1) is 15.7. The van der Waals surface area contributed by atoms with Gasteiger partial charge in [0.1, 0.15) is 5.82 Å². The molecule has 0 bridgehead atoms. The average molecular weight is 299 g/mol. The van der Waals surface area contributed by atoms with Crippen LogP contribution in [-0.2, 0) is 6.54 Å². The summed E-state index contributed by atoms with van der Waals surface area (Å²) in [5, 5.41) is 3.65. The zero-order valence-electron chi connectivity index (χ0n) is 12.3. The van der Waals surface area contributed by atoms with Crippen molar-refractivity contribution in [2.45, 2.75) is 39.3 Å². The first-order chi connectivity index (χ1) is 9.56. The zero-order valence-corrected chi connectivity index (χ0v) is 13.1. The molecule has 4 heteroatoms. The van der Waals surface area contributed by atoms with Gasteiger partial charge in [-0.2, -0.15) is 0 Å². The molecule has 0 saturated carbocycles. The highest BCUT2D eigenvalue weighted by molar-refractivity contribution is 6.30. The van der Waals surface area contributed by atoms with Gasteiger partial charge in [-0.15, -0.1) is 0 Å². The Morgan fingerprint density at radius 2 is 2.25 bits per heavy atom. The fourth-order valence-electron chi connectivity index (χ4n) is 2.74. The molecule has 1 aliphatic heterocycles. The third kappa shape index (κ3) is 4.44. The Balaban J connectivity index is 1.99. The lowest BCUT2D eigenvalue weighted by Crippen LogP contribution is -2.40. The molecule has 1 fully saturated rings. The Labute approximate surface area is 126 Å². The Kier molecular flexibility index (Phi) is 5.82. The van der Waals surface area contributed by atoms with E-state index in [4.69, 9.17) is 11.6 Å². The third-order valence-corrected chi connectivity index (χ3v) is 4.30. The predicted octanol–water partition coefficient (Wildman–Crippen LogP) is 3.69. The van der Waals surface area contributed by atoms with Gasteiger partial charge in [-0.3, -0.25) is 4.90 Å². The minimum atomic E-state index is -0.327. The van der Waals surface area contributed by atoms with Crippen LogP contribution in [0.1, 0.15) is 32.3 Å². The Bertz CT molecular complexity index is 430. The number of rotatable bonds is 5. The van der Waals surface area contributed by atoms with Gasteiger partial charge in [0.25, 0.3) is 0 Å². The van der Waals surface area contributed by atoms with Gasteiger partial charge in [-0.05, 0) is 63.4 Å². The fraction of sp³-hybridized carbons (Fsp3) is 0.625. The maximum absolute atomic E-state index is 13.5. The van der Waals surface area contributed by atoms with Crippen molar-refractivity contribution < 1.29 is 4.39 Å². The second-order valence-corrected chi connectivity index (χ2v) is 6.39. The number of hydrogen-bond acceptors (Lipinski definition) is 2. The molecule has 1 aromatic rings. The monoisotopic (exact) mass is 298 g/mol. The Hall–Kier alpha value is -0.640. The molecule has 1 atom stereocenters. The first-order valence-corrected chi connectivity index (χ1v) is 7.82.